The third-order valence-electron chi connectivity index (χ3n) is 5.09. The van der Waals surface area contributed by atoms with E-state index in [-0.39, 0.29) is 11.7 Å². The molecule has 1 saturated heterocycles. The average molecular weight is 413 g/mol. The maximum atomic E-state index is 13.1. The molecule has 0 atom stereocenters. The van der Waals surface area contributed by atoms with Crippen molar-refractivity contribution in [1.82, 2.24) is 14.8 Å². The molecule has 0 unspecified atom stereocenters. The van der Waals surface area contributed by atoms with Crippen molar-refractivity contribution < 1.29 is 4.79 Å². The Labute approximate surface area is 170 Å². The Morgan fingerprint density at radius 2 is 2.07 bits per heavy atom. The quantitative estimate of drug-likeness (QED) is 0.684. The number of hydrogen-bond donors (Lipinski definition) is 2. The molecule has 1 amide bonds. The van der Waals surface area contributed by atoms with E-state index >= 15 is 0 Å². The van der Waals surface area contributed by atoms with Crippen LogP contribution in [-0.2, 0) is 0 Å². The lowest BCUT2D eigenvalue weighted by atomic mass is 10.0. The van der Waals surface area contributed by atoms with Crippen LogP contribution in [0.3, 0.4) is 0 Å². The molecule has 0 bridgehead atoms. The van der Waals surface area contributed by atoms with E-state index in [0.29, 0.717) is 45.0 Å². The highest BCUT2D eigenvalue weighted by Gasteiger charge is 2.28. The highest BCUT2D eigenvalue weighted by Crippen LogP contribution is 2.44. The SMILES string of the molecule is CCN1CCN(C(=O)c2sc3nc(N)c(C#N)c(-c4cccs4)c3c2N)CC1. The average Bonchev–Trinajstić information content (AvgIpc) is 3.35. The van der Waals surface area contributed by atoms with Gasteiger partial charge < -0.3 is 21.3 Å². The standard InChI is InChI=1S/C19H20N6OS2/c1-2-24-5-7-25(8-6-24)19(26)16-15(21)14-13(12-4-3-9-27-12)11(10-20)17(22)23-18(14)28-16/h3-4,9H,2,5-8,21H2,1H3,(H2,22,23). The smallest absolute Gasteiger partial charge is 0.266 e. The number of amides is 1. The van der Waals surface area contributed by atoms with Gasteiger partial charge in [0.05, 0.1) is 5.69 Å². The summed E-state index contributed by atoms with van der Waals surface area (Å²) in [6.45, 7) is 6.18. The Morgan fingerprint density at radius 3 is 2.68 bits per heavy atom. The van der Waals surface area contributed by atoms with Gasteiger partial charge in [-0.15, -0.1) is 22.7 Å². The summed E-state index contributed by atoms with van der Waals surface area (Å²) in [5, 5.41) is 12.2. The van der Waals surface area contributed by atoms with Crippen LogP contribution >= 0.6 is 22.7 Å². The number of nitriles is 1. The molecule has 3 aromatic heterocycles. The summed E-state index contributed by atoms with van der Waals surface area (Å²) in [5.41, 5.74) is 13.9. The number of nitrogens with two attached hydrogens (primary N) is 2. The normalized spacial score (nSPS) is 15.1. The van der Waals surface area contributed by atoms with Gasteiger partial charge in [0.15, 0.2) is 0 Å². The fraction of sp³-hybridized carbons (Fsp3) is 0.316. The van der Waals surface area contributed by atoms with Gasteiger partial charge >= 0.3 is 0 Å². The van der Waals surface area contributed by atoms with E-state index in [2.05, 4.69) is 22.9 Å². The Morgan fingerprint density at radius 1 is 1.32 bits per heavy atom. The fourth-order valence-corrected chi connectivity index (χ4v) is 5.38. The Kier molecular flexibility index (Phi) is 4.93. The maximum absolute atomic E-state index is 13.1. The minimum Gasteiger partial charge on any atom is -0.397 e. The van der Waals surface area contributed by atoms with Crippen LogP contribution in [0, 0.1) is 11.3 Å². The molecule has 7 nitrogen and oxygen atoms in total. The van der Waals surface area contributed by atoms with Gasteiger partial charge in [0, 0.05) is 42.0 Å². The summed E-state index contributed by atoms with van der Waals surface area (Å²) in [4.78, 5) is 23.6. The van der Waals surface area contributed by atoms with Crippen molar-refractivity contribution in [3.8, 4) is 16.5 Å². The minimum absolute atomic E-state index is 0.0783. The molecule has 9 heteroatoms. The van der Waals surface area contributed by atoms with Gasteiger partial charge in [0.2, 0.25) is 0 Å². The topological polar surface area (TPSA) is 112 Å². The number of anilines is 2. The summed E-state index contributed by atoms with van der Waals surface area (Å²) >= 11 is 2.75. The van der Waals surface area contributed by atoms with Crippen LogP contribution in [0.15, 0.2) is 17.5 Å². The van der Waals surface area contributed by atoms with E-state index in [9.17, 15) is 10.1 Å². The van der Waals surface area contributed by atoms with E-state index in [1.807, 2.05) is 22.4 Å². The predicted molar refractivity (Wildman–Crippen MR) is 114 cm³/mol. The Bertz CT molecular complexity index is 1070. The van der Waals surface area contributed by atoms with Gasteiger partial charge in [-0.05, 0) is 18.0 Å². The number of pyridine rings is 1. The van der Waals surface area contributed by atoms with Crippen molar-refractivity contribution in [3.63, 3.8) is 0 Å². The molecule has 28 heavy (non-hydrogen) atoms. The Hall–Kier alpha value is -2.67. The van der Waals surface area contributed by atoms with Crippen LogP contribution in [0.2, 0.25) is 0 Å². The van der Waals surface area contributed by atoms with Gasteiger partial charge in [-0.3, -0.25) is 4.79 Å². The lowest BCUT2D eigenvalue weighted by molar-refractivity contribution is 0.0649. The van der Waals surface area contributed by atoms with Crippen molar-refractivity contribution in [2.45, 2.75) is 6.92 Å². The zero-order valence-corrected chi connectivity index (χ0v) is 17.1. The molecule has 0 aliphatic carbocycles. The fourth-order valence-electron chi connectivity index (χ4n) is 3.52. The number of nitrogen functional groups attached to an aromatic ring is 2. The van der Waals surface area contributed by atoms with Gasteiger partial charge in [0.25, 0.3) is 5.91 Å². The van der Waals surface area contributed by atoms with Crippen molar-refractivity contribution >= 4 is 50.3 Å². The van der Waals surface area contributed by atoms with Gasteiger partial charge in [-0.2, -0.15) is 5.26 Å². The summed E-state index contributed by atoms with van der Waals surface area (Å²) in [6.07, 6.45) is 0. The minimum atomic E-state index is -0.0783. The van der Waals surface area contributed by atoms with Crippen molar-refractivity contribution in [2.24, 2.45) is 0 Å². The molecule has 0 radical (unpaired) electrons. The molecule has 0 saturated carbocycles. The first-order valence-electron chi connectivity index (χ1n) is 9.02. The number of likely N-dealkylation sites (N-methyl/N-ethyl adjacent to an activating group) is 1. The van der Waals surface area contributed by atoms with Gasteiger partial charge in [0.1, 0.15) is 27.2 Å². The zero-order chi connectivity index (χ0) is 19.8. The number of fused-ring (bicyclic) bond motifs is 1. The van der Waals surface area contributed by atoms with Crippen molar-refractivity contribution in [1.29, 1.82) is 5.26 Å². The molecule has 4 N–H and O–H groups in total. The van der Waals surface area contributed by atoms with E-state index in [1.54, 1.807) is 0 Å². The highest BCUT2D eigenvalue weighted by molar-refractivity contribution is 7.21. The van der Waals surface area contributed by atoms with Crippen molar-refractivity contribution in [3.05, 3.63) is 28.0 Å². The van der Waals surface area contributed by atoms with Crippen LogP contribution in [0.5, 0.6) is 0 Å². The van der Waals surface area contributed by atoms with E-state index in [1.165, 1.54) is 22.7 Å². The molecule has 1 aliphatic rings. The van der Waals surface area contributed by atoms with Crippen LogP contribution in [0.1, 0.15) is 22.2 Å². The molecule has 0 spiro atoms. The van der Waals surface area contributed by atoms with Crippen LogP contribution < -0.4 is 11.5 Å². The zero-order valence-electron chi connectivity index (χ0n) is 15.4. The largest absolute Gasteiger partial charge is 0.397 e. The summed E-state index contributed by atoms with van der Waals surface area (Å²) in [6, 6.07) is 5.98. The molecule has 1 aliphatic heterocycles. The number of rotatable bonds is 3. The van der Waals surface area contributed by atoms with E-state index in [4.69, 9.17) is 11.5 Å². The first-order valence-corrected chi connectivity index (χ1v) is 10.7. The summed E-state index contributed by atoms with van der Waals surface area (Å²) in [7, 11) is 0. The molecular formula is C19H20N6OS2. The molecule has 0 aromatic carbocycles. The number of aromatic nitrogens is 1. The van der Waals surface area contributed by atoms with Crippen LogP contribution in [0.4, 0.5) is 11.5 Å². The number of piperazine rings is 1. The number of thiophene rings is 2. The van der Waals surface area contributed by atoms with Gasteiger partial charge in [-0.25, -0.2) is 4.98 Å². The first kappa shape index (κ1) is 18.7. The van der Waals surface area contributed by atoms with Crippen LogP contribution in [-0.4, -0.2) is 53.4 Å². The van der Waals surface area contributed by atoms with Crippen LogP contribution in [0.25, 0.3) is 20.7 Å². The predicted octanol–water partition coefficient (Wildman–Crippen LogP) is 2.84. The third-order valence-corrected chi connectivity index (χ3v) is 7.06. The third kappa shape index (κ3) is 2.99. The van der Waals surface area contributed by atoms with E-state index < -0.39 is 0 Å². The molecule has 144 valence electrons. The lowest BCUT2D eigenvalue weighted by Crippen LogP contribution is -2.48. The van der Waals surface area contributed by atoms with Crippen molar-refractivity contribution in [2.75, 3.05) is 44.2 Å². The summed E-state index contributed by atoms with van der Waals surface area (Å²) in [5.74, 6) is 0.0840. The number of carbonyl (C=O) groups is 1. The maximum Gasteiger partial charge on any atom is 0.266 e. The highest BCUT2D eigenvalue weighted by atomic mass is 32.1. The molecule has 4 rings (SSSR count). The van der Waals surface area contributed by atoms with Gasteiger partial charge in [-0.1, -0.05) is 13.0 Å². The summed E-state index contributed by atoms with van der Waals surface area (Å²) < 4.78 is 0. The second-order valence-corrected chi connectivity index (χ2v) is 8.53. The molecule has 4 heterocycles. The number of hydrogen-bond acceptors (Lipinski definition) is 8. The lowest BCUT2D eigenvalue weighted by Gasteiger charge is -2.33. The molecular weight excluding hydrogens is 392 g/mol. The number of nitrogens with zero attached hydrogens (tertiary/aromatic N) is 4. The molecule has 1 fully saturated rings. The first-order chi connectivity index (χ1) is 13.5. The monoisotopic (exact) mass is 412 g/mol. The molecule has 3 aromatic rings. The van der Waals surface area contributed by atoms with E-state index in [0.717, 1.165) is 24.5 Å². The number of carbonyl (C=O) groups excluding carboxylic acids is 1. The second-order valence-electron chi connectivity index (χ2n) is 6.59. The second kappa shape index (κ2) is 7.39. The Balaban J connectivity index is 1.82.